The van der Waals surface area contributed by atoms with E-state index in [0.717, 1.165) is 13.1 Å². The second-order valence-corrected chi connectivity index (χ2v) is 2.07. The number of piperidine rings is 1. The number of halogens is 1. The molecule has 1 heterocycles. The summed E-state index contributed by atoms with van der Waals surface area (Å²) >= 11 is 0. The van der Waals surface area contributed by atoms with Gasteiger partial charge in [-0.25, -0.2) is 5.01 Å². The molecule has 0 spiro atoms. The molecule has 0 amide bonds. The van der Waals surface area contributed by atoms with E-state index in [1.54, 1.807) is 5.01 Å². The van der Waals surface area contributed by atoms with Crippen molar-refractivity contribution in [3.8, 4) is 0 Å². The molecule has 0 unspecified atom stereocenters. The minimum atomic E-state index is 0. The molecule has 0 bridgehead atoms. The zero-order valence-corrected chi connectivity index (χ0v) is 6.49. The van der Waals surface area contributed by atoms with Gasteiger partial charge in [-0.05, 0) is 0 Å². The fourth-order valence-electron chi connectivity index (χ4n) is 0.773. The molecule has 5 heteroatoms. The molecule has 0 atom stereocenters. The van der Waals surface area contributed by atoms with E-state index < -0.39 is 0 Å². The number of rotatable bonds is 0. The first-order chi connectivity index (χ1) is 3.79. The normalized spacial score (nSPS) is 19.1. The maximum atomic E-state index is 10.5. The molecule has 4 nitrogen and oxygen atoms in total. The summed E-state index contributed by atoms with van der Waals surface area (Å²) < 4.78 is 0. The highest BCUT2D eigenvalue weighted by Crippen LogP contribution is 1.99. The second-order valence-electron chi connectivity index (χ2n) is 2.07. The zero-order chi connectivity index (χ0) is 5.98. The Balaban J connectivity index is 0. The molecule has 1 saturated heterocycles. The van der Waals surface area contributed by atoms with Crippen LogP contribution in [0.4, 0.5) is 0 Å². The second kappa shape index (κ2) is 5.61. The lowest BCUT2D eigenvalue weighted by Crippen LogP contribution is -2.38. The summed E-state index contributed by atoms with van der Waals surface area (Å²) in [6.07, 6.45) is 1.27. The van der Waals surface area contributed by atoms with Gasteiger partial charge in [0, 0.05) is 25.9 Å². The highest BCUT2D eigenvalue weighted by atomic mass is 35.5. The third-order valence-electron chi connectivity index (χ3n) is 1.36. The molecular formula is C5H13ClN2O2. The highest BCUT2D eigenvalue weighted by molar-refractivity contribution is 5.85. The Hall–Kier alpha value is -0.160. The van der Waals surface area contributed by atoms with Crippen molar-refractivity contribution in [1.29, 1.82) is 0 Å². The molecule has 1 aliphatic rings. The zero-order valence-electron chi connectivity index (χ0n) is 5.67. The van der Waals surface area contributed by atoms with Crippen molar-refractivity contribution >= 4 is 18.2 Å². The van der Waals surface area contributed by atoms with E-state index in [9.17, 15) is 4.79 Å². The monoisotopic (exact) mass is 168 g/mol. The van der Waals surface area contributed by atoms with Crippen molar-refractivity contribution in [2.45, 2.75) is 12.8 Å². The lowest BCUT2D eigenvalue weighted by atomic mass is 10.1. The van der Waals surface area contributed by atoms with Gasteiger partial charge in [-0.2, -0.15) is 0 Å². The number of hydrogen-bond acceptors (Lipinski definition) is 3. The fraction of sp³-hybridized carbons (Fsp3) is 0.800. The predicted molar refractivity (Wildman–Crippen MR) is 40.9 cm³/mol. The third-order valence-corrected chi connectivity index (χ3v) is 1.36. The molecule has 1 fully saturated rings. The number of carbonyl (C=O) groups is 1. The maximum Gasteiger partial charge on any atom is 0.135 e. The van der Waals surface area contributed by atoms with E-state index in [0.29, 0.717) is 18.6 Å². The smallest absolute Gasteiger partial charge is 0.135 e. The lowest BCUT2D eigenvalue weighted by molar-refractivity contribution is -0.121. The summed E-state index contributed by atoms with van der Waals surface area (Å²) in [5, 5.41) is 1.68. The summed E-state index contributed by atoms with van der Waals surface area (Å²) in [7, 11) is 0. The molecular weight excluding hydrogens is 156 g/mol. The van der Waals surface area contributed by atoms with E-state index >= 15 is 0 Å². The largest absolute Gasteiger partial charge is 0.412 e. The van der Waals surface area contributed by atoms with Crippen LogP contribution in [0.5, 0.6) is 0 Å². The number of nitrogens with two attached hydrogens (primary N) is 1. The third kappa shape index (κ3) is 3.79. The SMILES string of the molecule is Cl.NN1CCC(=O)CC1.O. The Bertz CT molecular complexity index is 99.8. The average molecular weight is 169 g/mol. The summed E-state index contributed by atoms with van der Waals surface area (Å²) in [5.74, 6) is 5.72. The molecule has 0 aromatic heterocycles. The van der Waals surface area contributed by atoms with Gasteiger partial charge in [0.25, 0.3) is 0 Å². The molecule has 0 aromatic rings. The number of hydrazine groups is 1. The van der Waals surface area contributed by atoms with Gasteiger partial charge < -0.3 is 5.48 Å². The molecule has 0 radical (unpaired) electrons. The van der Waals surface area contributed by atoms with Crippen LogP contribution in [-0.4, -0.2) is 29.4 Å². The maximum absolute atomic E-state index is 10.5. The van der Waals surface area contributed by atoms with Gasteiger partial charge in [0.1, 0.15) is 5.78 Å². The molecule has 0 aliphatic carbocycles. The van der Waals surface area contributed by atoms with Crippen LogP contribution in [0.1, 0.15) is 12.8 Å². The van der Waals surface area contributed by atoms with Crippen molar-refractivity contribution in [3.63, 3.8) is 0 Å². The molecule has 0 saturated carbocycles. The van der Waals surface area contributed by atoms with Crippen LogP contribution in [-0.2, 0) is 4.79 Å². The summed E-state index contributed by atoms with van der Waals surface area (Å²) in [6, 6.07) is 0. The van der Waals surface area contributed by atoms with E-state index in [1.165, 1.54) is 0 Å². The number of Topliss-reactive ketones (excluding diaryl/α,β-unsaturated/α-hetero) is 1. The topological polar surface area (TPSA) is 77.8 Å². The predicted octanol–water partition coefficient (Wildman–Crippen LogP) is -0.878. The van der Waals surface area contributed by atoms with E-state index in [2.05, 4.69) is 0 Å². The Morgan fingerprint density at radius 3 is 2.00 bits per heavy atom. The first kappa shape index (κ1) is 12.5. The first-order valence-electron chi connectivity index (χ1n) is 2.80. The van der Waals surface area contributed by atoms with Gasteiger partial charge >= 0.3 is 0 Å². The van der Waals surface area contributed by atoms with Crippen LogP contribution in [0.2, 0.25) is 0 Å². The minimum absolute atomic E-state index is 0. The highest BCUT2D eigenvalue weighted by Gasteiger charge is 2.11. The summed E-state index contributed by atoms with van der Waals surface area (Å²) in [6.45, 7) is 1.47. The van der Waals surface area contributed by atoms with Crippen LogP contribution >= 0.6 is 12.4 Å². The van der Waals surface area contributed by atoms with Gasteiger partial charge in [0.05, 0.1) is 0 Å². The van der Waals surface area contributed by atoms with Gasteiger partial charge in [-0.1, -0.05) is 0 Å². The Morgan fingerprint density at radius 2 is 1.70 bits per heavy atom. The number of nitrogens with zero attached hydrogens (tertiary/aromatic N) is 1. The number of carbonyl (C=O) groups excluding carboxylic acids is 1. The lowest BCUT2D eigenvalue weighted by Gasteiger charge is -2.19. The fourth-order valence-corrected chi connectivity index (χ4v) is 0.773. The standard InChI is InChI=1S/C5H10N2O.ClH.H2O/c6-7-3-1-5(8)2-4-7;;/h1-4,6H2;1H;1H2. The molecule has 0 aromatic carbocycles. The Kier molecular flexibility index (Phi) is 7.02. The van der Waals surface area contributed by atoms with Crippen LogP contribution in [0.15, 0.2) is 0 Å². The van der Waals surface area contributed by atoms with Gasteiger partial charge in [0.2, 0.25) is 0 Å². The van der Waals surface area contributed by atoms with Crippen LogP contribution in [0.3, 0.4) is 0 Å². The van der Waals surface area contributed by atoms with Crippen LogP contribution in [0, 0.1) is 0 Å². The molecule has 1 aliphatic heterocycles. The van der Waals surface area contributed by atoms with Crippen molar-refractivity contribution in [2.75, 3.05) is 13.1 Å². The van der Waals surface area contributed by atoms with E-state index in [1.807, 2.05) is 0 Å². The molecule has 10 heavy (non-hydrogen) atoms. The molecule has 1 rings (SSSR count). The van der Waals surface area contributed by atoms with Gasteiger partial charge in [-0.15, -0.1) is 12.4 Å². The van der Waals surface area contributed by atoms with E-state index in [4.69, 9.17) is 5.84 Å². The first-order valence-corrected chi connectivity index (χ1v) is 2.80. The van der Waals surface area contributed by atoms with Crippen LogP contribution < -0.4 is 5.84 Å². The van der Waals surface area contributed by atoms with Gasteiger partial charge in [0.15, 0.2) is 0 Å². The molecule has 4 N–H and O–H groups in total. The Labute approximate surface area is 66.1 Å². The minimum Gasteiger partial charge on any atom is -0.412 e. The average Bonchev–Trinajstić information content (AvgIpc) is 1.77. The molecule has 62 valence electrons. The quantitative estimate of drug-likeness (QED) is 0.478. The van der Waals surface area contributed by atoms with Crippen LogP contribution in [0.25, 0.3) is 0 Å². The van der Waals surface area contributed by atoms with E-state index in [-0.39, 0.29) is 17.9 Å². The van der Waals surface area contributed by atoms with Gasteiger partial charge in [-0.3, -0.25) is 10.6 Å². The van der Waals surface area contributed by atoms with Crippen molar-refractivity contribution in [3.05, 3.63) is 0 Å². The van der Waals surface area contributed by atoms with Crippen molar-refractivity contribution < 1.29 is 10.3 Å². The number of hydrogen-bond donors (Lipinski definition) is 1. The Morgan fingerprint density at radius 1 is 1.30 bits per heavy atom. The summed E-state index contributed by atoms with van der Waals surface area (Å²) in [4.78, 5) is 10.5. The number of ketones is 1. The summed E-state index contributed by atoms with van der Waals surface area (Å²) in [5.41, 5.74) is 0. The van der Waals surface area contributed by atoms with Crippen molar-refractivity contribution in [1.82, 2.24) is 5.01 Å². The van der Waals surface area contributed by atoms with Crippen molar-refractivity contribution in [2.24, 2.45) is 5.84 Å².